The first kappa shape index (κ1) is 22.0. The molecule has 1 aromatic carbocycles. The number of benzene rings is 1. The predicted molar refractivity (Wildman–Crippen MR) is 117 cm³/mol. The number of carbonyl (C=O) groups is 1. The molecule has 7 nitrogen and oxygen atoms in total. The lowest BCUT2D eigenvalue weighted by atomic mass is 10.2. The van der Waals surface area contributed by atoms with E-state index in [0.717, 1.165) is 18.5 Å². The van der Waals surface area contributed by atoms with E-state index in [9.17, 15) is 13.2 Å². The lowest BCUT2D eigenvalue weighted by Gasteiger charge is -2.25. The van der Waals surface area contributed by atoms with Crippen molar-refractivity contribution in [3.8, 4) is 11.5 Å². The quantitative estimate of drug-likeness (QED) is 0.613. The minimum absolute atomic E-state index is 0.0588. The summed E-state index contributed by atoms with van der Waals surface area (Å²) in [7, 11) is -3.11. The Bertz CT molecular complexity index is 885. The molecule has 2 aliphatic rings. The maximum absolute atomic E-state index is 12.2. The van der Waals surface area contributed by atoms with Crippen molar-refractivity contribution >= 4 is 38.4 Å². The monoisotopic (exact) mass is 440 g/mol. The number of fused-ring (bicyclic) bond motifs is 1. The summed E-state index contributed by atoms with van der Waals surface area (Å²) in [5.41, 5.74) is 0.764. The van der Waals surface area contributed by atoms with E-state index in [1.807, 2.05) is 36.9 Å². The smallest absolute Gasteiger partial charge is 0.247 e. The maximum Gasteiger partial charge on any atom is 0.247 e. The predicted octanol–water partition coefficient (Wildman–Crippen LogP) is 3.28. The van der Waals surface area contributed by atoms with Gasteiger partial charge in [0.25, 0.3) is 0 Å². The summed E-state index contributed by atoms with van der Waals surface area (Å²) in [4.78, 5) is 18.1. The highest BCUT2D eigenvalue weighted by Gasteiger charge is 2.49. The fraction of sp³-hybridized carbons (Fsp3) is 0.600. The molecular formula is C20H28N2O5S2. The van der Waals surface area contributed by atoms with Crippen molar-refractivity contribution < 1.29 is 22.7 Å². The van der Waals surface area contributed by atoms with Crippen LogP contribution in [0.15, 0.2) is 23.2 Å². The average Bonchev–Trinajstić information content (AvgIpc) is 3.15. The third-order valence-electron chi connectivity index (χ3n) is 4.72. The van der Waals surface area contributed by atoms with Gasteiger partial charge in [-0.25, -0.2) is 8.42 Å². The number of amides is 1. The van der Waals surface area contributed by atoms with E-state index < -0.39 is 9.84 Å². The van der Waals surface area contributed by atoms with Crippen LogP contribution in [-0.2, 0) is 14.6 Å². The molecule has 0 bridgehead atoms. The van der Waals surface area contributed by atoms with Crippen molar-refractivity contribution in [3.63, 3.8) is 0 Å². The van der Waals surface area contributed by atoms with Crippen molar-refractivity contribution in [2.24, 2.45) is 4.99 Å². The van der Waals surface area contributed by atoms with Crippen molar-refractivity contribution in [2.75, 3.05) is 29.6 Å². The molecule has 160 valence electrons. The number of carbonyl (C=O) groups excluding carboxylic acids is 1. The Kier molecular flexibility index (Phi) is 7.10. The summed E-state index contributed by atoms with van der Waals surface area (Å²) in [6.45, 7) is 6.97. The van der Waals surface area contributed by atoms with E-state index in [4.69, 9.17) is 9.47 Å². The van der Waals surface area contributed by atoms with Crippen LogP contribution in [0.5, 0.6) is 11.5 Å². The van der Waals surface area contributed by atoms with Crippen LogP contribution >= 0.6 is 11.8 Å². The highest BCUT2D eigenvalue weighted by atomic mass is 32.2. The largest absolute Gasteiger partial charge is 0.490 e. The summed E-state index contributed by atoms with van der Waals surface area (Å²) in [6.07, 6.45) is 2.05. The zero-order valence-corrected chi connectivity index (χ0v) is 18.7. The van der Waals surface area contributed by atoms with E-state index in [1.165, 1.54) is 11.8 Å². The number of hydrogen-bond donors (Lipinski definition) is 0. The summed E-state index contributed by atoms with van der Waals surface area (Å²) in [6, 6.07) is 5.34. The molecule has 2 aliphatic heterocycles. The normalized spacial score (nSPS) is 24.0. The fourth-order valence-electron chi connectivity index (χ4n) is 3.35. The van der Waals surface area contributed by atoms with Gasteiger partial charge in [-0.15, -0.1) is 0 Å². The third kappa shape index (κ3) is 5.06. The summed E-state index contributed by atoms with van der Waals surface area (Å²) in [5, 5.41) is 0.435. The first-order chi connectivity index (χ1) is 13.9. The first-order valence-electron chi connectivity index (χ1n) is 10.1. The number of hydrogen-bond acceptors (Lipinski definition) is 6. The number of amidine groups is 1. The summed E-state index contributed by atoms with van der Waals surface area (Å²) < 4.78 is 36.1. The second kappa shape index (κ2) is 9.38. The highest BCUT2D eigenvalue weighted by Crippen LogP contribution is 2.43. The first-order valence-corrected chi connectivity index (χ1v) is 12.8. The van der Waals surface area contributed by atoms with Gasteiger partial charge in [-0.05, 0) is 25.0 Å². The molecule has 0 saturated carbocycles. The molecule has 0 N–H and O–H groups in total. The Hall–Kier alpha value is -1.74. The van der Waals surface area contributed by atoms with Crippen LogP contribution in [0.3, 0.4) is 0 Å². The van der Waals surface area contributed by atoms with Crippen LogP contribution in [0.4, 0.5) is 5.69 Å². The van der Waals surface area contributed by atoms with Crippen LogP contribution < -0.4 is 14.4 Å². The molecule has 2 saturated heterocycles. The molecule has 2 fully saturated rings. The number of aliphatic imine (C=N–C) groups is 1. The van der Waals surface area contributed by atoms with Crippen molar-refractivity contribution in [2.45, 2.75) is 51.3 Å². The van der Waals surface area contributed by atoms with Crippen LogP contribution in [0.2, 0.25) is 0 Å². The van der Waals surface area contributed by atoms with Gasteiger partial charge in [0.2, 0.25) is 5.91 Å². The number of ether oxygens (including phenoxy) is 2. The Morgan fingerprint density at radius 1 is 1.14 bits per heavy atom. The van der Waals surface area contributed by atoms with Gasteiger partial charge in [-0.2, -0.15) is 4.99 Å². The Morgan fingerprint density at radius 3 is 2.48 bits per heavy atom. The van der Waals surface area contributed by atoms with Crippen LogP contribution in [-0.4, -0.2) is 55.5 Å². The molecule has 1 aromatic rings. The number of nitrogens with zero attached hydrogens (tertiary/aromatic N) is 2. The van der Waals surface area contributed by atoms with Crippen molar-refractivity contribution in [1.82, 2.24) is 0 Å². The van der Waals surface area contributed by atoms with Crippen LogP contribution in [0.25, 0.3) is 0 Å². The van der Waals surface area contributed by atoms with Crippen LogP contribution in [0, 0.1) is 0 Å². The topological polar surface area (TPSA) is 85.3 Å². The summed E-state index contributed by atoms with van der Waals surface area (Å²) in [5.74, 6) is 1.23. The van der Waals surface area contributed by atoms with Gasteiger partial charge in [-0.3, -0.25) is 4.79 Å². The van der Waals surface area contributed by atoms with Gasteiger partial charge < -0.3 is 14.4 Å². The molecule has 9 heteroatoms. The van der Waals surface area contributed by atoms with Gasteiger partial charge >= 0.3 is 0 Å². The van der Waals surface area contributed by atoms with E-state index in [-0.39, 0.29) is 28.7 Å². The Morgan fingerprint density at radius 2 is 1.83 bits per heavy atom. The minimum atomic E-state index is -3.11. The van der Waals surface area contributed by atoms with Gasteiger partial charge in [0.1, 0.15) is 0 Å². The van der Waals surface area contributed by atoms with Gasteiger partial charge in [-0.1, -0.05) is 32.5 Å². The van der Waals surface area contributed by atoms with Gasteiger partial charge in [0.15, 0.2) is 26.5 Å². The van der Waals surface area contributed by atoms with E-state index in [0.29, 0.717) is 36.3 Å². The van der Waals surface area contributed by atoms with Gasteiger partial charge in [0.05, 0.1) is 30.8 Å². The average molecular weight is 441 g/mol. The van der Waals surface area contributed by atoms with E-state index in [2.05, 4.69) is 4.99 Å². The SMILES string of the molecule is CCCOc1ccc(N2C(=NC(=O)CC)S[C@H]3CS(=O)(=O)C[C@H]32)cc1OCCC. The molecular weight excluding hydrogens is 412 g/mol. The number of sulfone groups is 1. The Balaban J connectivity index is 1.99. The maximum atomic E-state index is 12.2. The molecule has 0 radical (unpaired) electrons. The fourth-order valence-corrected chi connectivity index (χ4v) is 7.29. The van der Waals surface area contributed by atoms with Crippen LogP contribution in [0.1, 0.15) is 40.0 Å². The number of thioether (sulfide) groups is 1. The molecule has 0 unspecified atom stereocenters. The van der Waals surface area contributed by atoms with Gasteiger partial charge in [0, 0.05) is 23.4 Å². The third-order valence-corrected chi connectivity index (χ3v) is 7.93. The molecule has 3 rings (SSSR count). The van der Waals surface area contributed by atoms with Crippen molar-refractivity contribution in [3.05, 3.63) is 18.2 Å². The molecule has 2 heterocycles. The second-order valence-corrected chi connectivity index (χ2v) is 10.5. The highest BCUT2D eigenvalue weighted by molar-refractivity contribution is 8.16. The minimum Gasteiger partial charge on any atom is -0.490 e. The zero-order valence-electron chi connectivity index (χ0n) is 17.1. The van der Waals surface area contributed by atoms with Crippen molar-refractivity contribution in [1.29, 1.82) is 0 Å². The molecule has 0 aliphatic carbocycles. The standard InChI is InChI=1S/C20H28N2O5S2/c1-4-9-26-16-8-7-14(11-17(16)27-10-5-2)22-15-12-29(24,25)13-18(15)28-20(22)21-19(23)6-3/h7-8,11,15,18H,4-6,9-10,12-13H2,1-3H3/t15-,18+/m1/s1. The molecule has 0 spiro atoms. The molecule has 1 amide bonds. The molecule has 0 aromatic heterocycles. The lowest BCUT2D eigenvalue weighted by molar-refractivity contribution is -0.117. The van der Waals surface area contributed by atoms with E-state index >= 15 is 0 Å². The molecule has 2 atom stereocenters. The number of rotatable bonds is 8. The van der Waals surface area contributed by atoms with E-state index in [1.54, 1.807) is 6.92 Å². The molecule has 29 heavy (non-hydrogen) atoms. The summed E-state index contributed by atoms with van der Waals surface area (Å²) >= 11 is 1.38. The second-order valence-electron chi connectivity index (χ2n) is 7.14. The zero-order chi connectivity index (χ0) is 21.0. The lowest BCUT2D eigenvalue weighted by Crippen LogP contribution is -2.37. The number of anilines is 1. The Labute approximate surface area is 176 Å².